The van der Waals surface area contributed by atoms with Crippen LogP contribution in [-0.2, 0) is 16.6 Å². The van der Waals surface area contributed by atoms with Crippen LogP contribution in [0.2, 0.25) is 0 Å². The molecule has 1 saturated heterocycles. The van der Waals surface area contributed by atoms with Crippen LogP contribution in [0.1, 0.15) is 87.7 Å². The normalized spacial score (nSPS) is 20.0. The van der Waals surface area contributed by atoms with Crippen molar-refractivity contribution in [3.05, 3.63) is 71.0 Å². The van der Waals surface area contributed by atoms with Gasteiger partial charge in [-0.1, -0.05) is 61.9 Å². The number of rotatable bonds is 12. The lowest BCUT2D eigenvalue weighted by molar-refractivity contribution is -0.130. The van der Waals surface area contributed by atoms with Crippen LogP contribution in [0, 0.1) is 22.7 Å². The number of nitriles is 1. The van der Waals surface area contributed by atoms with Crippen LogP contribution >= 0.6 is 0 Å². The average molecular weight is 632 g/mol. The van der Waals surface area contributed by atoms with E-state index in [1.165, 1.54) is 5.57 Å². The third kappa shape index (κ3) is 8.91. The molecular weight excluding hydrogens is 578 g/mol. The molecule has 2 aliphatic rings. The minimum Gasteiger partial charge on any atom is -0.394 e. The van der Waals surface area contributed by atoms with E-state index in [1.807, 2.05) is 32.2 Å². The molecule has 0 aromatic heterocycles. The second-order valence-electron chi connectivity index (χ2n) is 11.9. The molecule has 0 spiro atoms. The van der Waals surface area contributed by atoms with Gasteiger partial charge in [-0.05, 0) is 87.2 Å². The van der Waals surface area contributed by atoms with Gasteiger partial charge in [-0.3, -0.25) is 15.0 Å². The molecule has 46 heavy (non-hydrogen) atoms. The molecule has 1 aromatic rings. The van der Waals surface area contributed by atoms with Crippen LogP contribution in [0.5, 0.6) is 0 Å². The Balaban J connectivity index is 0.00000173. The summed E-state index contributed by atoms with van der Waals surface area (Å²) in [5, 5.41) is 35.5. The molecule has 0 bridgehead atoms. The second-order valence-corrected chi connectivity index (χ2v) is 11.9. The number of nitrogens with two attached hydrogens (primary N) is 1. The van der Waals surface area contributed by atoms with Gasteiger partial charge < -0.3 is 26.7 Å². The van der Waals surface area contributed by atoms with Gasteiger partial charge >= 0.3 is 0 Å². The number of benzene rings is 1. The lowest BCUT2D eigenvalue weighted by atomic mass is 9.65. The molecule has 0 saturated carbocycles. The van der Waals surface area contributed by atoms with Crippen molar-refractivity contribution < 1.29 is 9.59 Å². The van der Waals surface area contributed by atoms with E-state index < -0.39 is 5.41 Å². The highest BCUT2D eigenvalue weighted by molar-refractivity contribution is 5.97. The second kappa shape index (κ2) is 18.6. The fraction of sp³-hybridized carbons (Fsp3) is 0.543. The molecule has 250 valence electrons. The maximum absolute atomic E-state index is 13.2. The van der Waals surface area contributed by atoms with Crippen LogP contribution in [0.4, 0.5) is 0 Å². The lowest BCUT2D eigenvalue weighted by Crippen LogP contribution is -2.49. The highest BCUT2D eigenvalue weighted by Crippen LogP contribution is 2.48. The zero-order chi connectivity index (χ0) is 34.3. The first-order valence-corrected chi connectivity index (χ1v) is 16.2. The van der Waals surface area contributed by atoms with E-state index in [4.69, 9.17) is 5.84 Å². The summed E-state index contributed by atoms with van der Waals surface area (Å²) < 4.78 is 0. The van der Waals surface area contributed by atoms with Gasteiger partial charge in [0.25, 0.3) is 5.91 Å². The van der Waals surface area contributed by atoms with E-state index >= 15 is 0 Å². The van der Waals surface area contributed by atoms with Crippen molar-refractivity contribution in [3.63, 3.8) is 0 Å². The van der Waals surface area contributed by atoms with Crippen molar-refractivity contribution in [3.8, 4) is 6.07 Å². The summed E-state index contributed by atoms with van der Waals surface area (Å²) >= 11 is 0. The van der Waals surface area contributed by atoms with Gasteiger partial charge in [0.1, 0.15) is 6.04 Å². The third-order valence-electron chi connectivity index (χ3n) is 8.98. The number of fused-ring (bicyclic) bond motifs is 1. The number of amidine groups is 1. The lowest BCUT2D eigenvalue weighted by Gasteiger charge is -2.41. The van der Waals surface area contributed by atoms with Crippen LogP contribution < -0.4 is 21.8 Å². The van der Waals surface area contributed by atoms with E-state index in [0.717, 1.165) is 36.0 Å². The highest BCUT2D eigenvalue weighted by atomic mass is 16.2. The topological polar surface area (TPSA) is 172 Å². The first-order chi connectivity index (χ1) is 22.1. The molecule has 1 aliphatic heterocycles. The molecule has 1 fully saturated rings. The Hall–Kier alpha value is -4.30. The number of carbonyl (C=O) groups is 2. The van der Waals surface area contributed by atoms with Gasteiger partial charge in [-0.2, -0.15) is 5.26 Å². The molecule has 3 atom stereocenters. The highest BCUT2D eigenvalue weighted by Gasteiger charge is 2.46. The number of amides is 2. The Morgan fingerprint density at radius 2 is 2.02 bits per heavy atom. The van der Waals surface area contributed by atoms with Gasteiger partial charge in [0.15, 0.2) is 5.84 Å². The maximum atomic E-state index is 13.2. The molecule has 1 aliphatic carbocycles. The van der Waals surface area contributed by atoms with Crippen molar-refractivity contribution in [1.82, 2.24) is 20.9 Å². The van der Waals surface area contributed by atoms with Crippen molar-refractivity contribution >= 4 is 17.6 Å². The largest absolute Gasteiger partial charge is 0.394 e. The fourth-order valence-corrected chi connectivity index (χ4v) is 6.58. The molecule has 1 aromatic carbocycles. The van der Waals surface area contributed by atoms with E-state index in [0.29, 0.717) is 37.8 Å². The van der Waals surface area contributed by atoms with Crippen LogP contribution in [0.3, 0.4) is 0 Å². The molecule has 1 heterocycles. The van der Waals surface area contributed by atoms with E-state index in [2.05, 4.69) is 65.8 Å². The molecule has 3 rings (SSSR count). The summed E-state index contributed by atoms with van der Waals surface area (Å²) in [4.78, 5) is 27.4. The zero-order valence-corrected chi connectivity index (χ0v) is 28.4. The predicted molar refractivity (Wildman–Crippen MR) is 184 cm³/mol. The number of nitrogens with one attached hydrogen (secondary N) is 4. The summed E-state index contributed by atoms with van der Waals surface area (Å²) in [5.74, 6) is 5.46. The Morgan fingerprint density at radius 1 is 1.30 bits per heavy atom. The minimum atomic E-state index is -0.977. The minimum absolute atomic E-state index is 0.0403. The van der Waals surface area contributed by atoms with Gasteiger partial charge in [-0.25, -0.2) is 0 Å². The van der Waals surface area contributed by atoms with Crippen LogP contribution in [0.25, 0.3) is 0 Å². The first kappa shape index (κ1) is 37.9. The molecule has 2 amide bonds. The summed E-state index contributed by atoms with van der Waals surface area (Å²) in [7, 11) is 3.43. The Kier molecular flexibility index (Phi) is 15.3. The number of carbonyl (C=O) groups excluding carboxylic acids is 2. The number of hydrogen-bond acceptors (Lipinski definition) is 7. The van der Waals surface area contributed by atoms with Gasteiger partial charge in [0, 0.05) is 32.2 Å². The SMILES string of the molecule is C/C=C/CC1=C(CC)C(C[C@H](NCC(=O)N2CCCC2C#N)C(C)C)(C(=N)N=NN)c2ccc(C(=O)NC)cc2CC1.C=CNC. The molecule has 11 heteroatoms. The van der Waals surface area contributed by atoms with Crippen molar-refractivity contribution in [1.29, 1.82) is 10.7 Å². The van der Waals surface area contributed by atoms with Gasteiger partial charge in [0.2, 0.25) is 5.91 Å². The summed E-state index contributed by atoms with van der Waals surface area (Å²) in [6, 6.07) is 7.38. The van der Waals surface area contributed by atoms with E-state index in [1.54, 1.807) is 24.2 Å². The van der Waals surface area contributed by atoms with Crippen molar-refractivity contribution in [2.24, 2.45) is 22.1 Å². The summed E-state index contributed by atoms with van der Waals surface area (Å²) in [5.41, 5.74) is 3.83. The molecule has 11 nitrogen and oxygen atoms in total. The van der Waals surface area contributed by atoms with E-state index in [9.17, 15) is 20.3 Å². The number of aryl methyl sites for hydroxylation is 1. The number of hydrogen-bond donors (Lipinski definition) is 5. The van der Waals surface area contributed by atoms with Crippen LogP contribution in [-0.4, -0.2) is 61.8 Å². The molecule has 6 N–H and O–H groups in total. The van der Waals surface area contributed by atoms with Gasteiger partial charge in [-0.15, -0.1) is 5.11 Å². The van der Waals surface area contributed by atoms with Crippen LogP contribution in [0.15, 0.2) is 64.6 Å². The molecular formula is C35H53N9O2. The summed E-state index contributed by atoms with van der Waals surface area (Å²) in [6.45, 7) is 12.4. The first-order valence-electron chi connectivity index (χ1n) is 16.2. The maximum Gasteiger partial charge on any atom is 0.251 e. The number of nitrogens with zero attached hydrogens (tertiary/aromatic N) is 4. The Labute approximate surface area is 275 Å². The number of likely N-dealkylation sites (tertiary alicyclic amines) is 1. The summed E-state index contributed by atoms with van der Waals surface area (Å²) in [6.07, 6.45) is 10.7. The molecule has 0 radical (unpaired) electrons. The Morgan fingerprint density at radius 3 is 2.59 bits per heavy atom. The average Bonchev–Trinajstić information content (AvgIpc) is 3.50. The molecule has 2 unspecified atom stereocenters. The van der Waals surface area contributed by atoms with Crippen molar-refractivity contribution in [2.75, 3.05) is 27.2 Å². The van der Waals surface area contributed by atoms with Crippen molar-refractivity contribution in [2.45, 2.75) is 90.1 Å². The standard InChI is InChI=1S/C32H46N8O2.C3H7N/c1-6-8-10-22-12-13-23-17-24(30(42)36-5)14-15-27(23)32(26(22)7-2,31(34)38-39-35)18-28(21(3)4)37-20-29(41)40-16-9-11-25(40)19-33;1-3-4-2/h6,8,14-15,17,21,25,28,37H,7,9-13,16,18,20H2,1-5H3,(H,36,42)(H3,34,35,38);3-4H,1H2,2H3/b8-6+;/t25?,28-,32?;/m0./s1. The smallest absolute Gasteiger partial charge is 0.251 e. The fourth-order valence-electron chi connectivity index (χ4n) is 6.58. The van der Waals surface area contributed by atoms with E-state index in [-0.39, 0.29) is 42.2 Å². The third-order valence-corrected chi connectivity index (χ3v) is 8.98. The quantitative estimate of drug-likeness (QED) is 0.0538. The number of allylic oxidation sites excluding steroid dienone is 3. The Bertz CT molecular complexity index is 1360. The van der Waals surface area contributed by atoms with Gasteiger partial charge in [0.05, 0.1) is 18.0 Å². The zero-order valence-electron chi connectivity index (χ0n) is 28.4. The monoisotopic (exact) mass is 631 g/mol. The predicted octanol–water partition coefficient (Wildman–Crippen LogP) is 5.07.